The van der Waals surface area contributed by atoms with Gasteiger partial charge in [-0.1, -0.05) is 12.1 Å². The number of nitrogens with zero attached hydrogens (tertiary/aromatic N) is 1. The average Bonchev–Trinajstić information content (AvgIpc) is 3.01. The van der Waals surface area contributed by atoms with Crippen molar-refractivity contribution in [3.63, 3.8) is 0 Å². The fraction of sp³-hybridized carbons (Fsp3) is 0.267. The molecule has 0 amide bonds. The molecule has 1 aromatic rings. The maximum atomic E-state index is 12.3. The first-order valence-electron chi connectivity index (χ1n) is 7.08. The number of hydrogen-bond donors (Lipinski definition) is 2. The van der Waals surface area contributed by atoms with Gasteiger partial charge >= 0.3 is 5.97 Å². The normalized spacial score (nSPS) is 19.2. The van der Waals surface area contributed by atoms with Crippen LogP contribution in [0.1, 0.15) is 25.3 Å². The average molecular weight is 333 g/mol. The Morgan fingerprint density at radius 3 is 2.71 bits per heavy atom. The van der Waals surface area contributed by atoms with Crippen molar-refractivity contribution in [2.24, 2.45) is 0 Å². The number of dihydropyridines is 1. The van der Waals surface area contributed by atoms with Crippen LogP contribution in [0.15, 0.2) is 40.9 Å². The molecule has 1 aromatic carbocycles. The van der Waals surface area contributed by atoms with E-state index in [9.17, 15) is 14.9 Å². The second kappa shape index (κ2) is 5.85. The van der Waals surface area contributed by atoms with E-state index in [1.54, 1.807) is 32.0 Å². The summed E-state index contributed by atoms with van der Waals surface area (Å²) in [5.41, 5.74) is 3.53. The van der Waals surface area contributed by atoms with Gasteiger partial charge in [0, 0.05) is 16.9 Å². The Balaban J connectivity index is 2.25. The van der Waals surface area contributed by atoms with E-state index in [2.05, 4.69) is 11.0 Å². The molecule has 2 aliphatic rings. The highest BCUT2D eigenvalue weighted by Gasteiger charge is 2.43. The quantitative estimate of drug-likeness (QED) is 0.486. The number of carbonyl (C=O) groups is 1. The van der Waals surface area contributed by atoms with Gasteiger partial charge in [-0.3, -0.25) is 10.1 Å². The summed E-state index contributed by atoms with van der Waals surface area (Å²) in [4.78, 5) is 33.8. The number of esters is 1. The SMILES string of the molecule is COC(=O)C1=C(C)NC(C)=C([N+](=O)[O-])C1c1cccc2c1ONO2. The summed E-state index contributed by atoms with van der Waals surface area (Å²) in [6, 6.07) is 4.97. The van der Waals surface area contributed by atoms with E-state index in [1.165, 1.54) is 7.11 Å². The lowest BCUT2D eigenvalue weighted by atomic mass is 9.83. The minimum atomic E-state index is -0.952. The van der Waals surface area contributed by atoms with Crippen molar-refractivity contribution < 1.29 is 24.1 Å². The smallest absolute Gasteiger partial charge is 0.336 e. The van der Waals surface area contributed by atoms with Gasteiger partial charge in [0.25, 0.3) is 5.70 Å². The van der Waals surface area contributed by atoms with Crippen LogP contribution in [0.5, 0.6) is 11.5 Å². The first kappa shape index (κ1) is 15.8. The second-order valence-corrected chi connectivity index (χ2v) is 5.32. The lowest BCUT2D eigenvalue weighted by Crippen LogP contribution is -2.31. The Morgan fingerprint density at radius 2 is 2.04 bits per heavy atom. The van der Waals surface area contributed by atoms with Crippen molar-refractivity contribution in [3.8, 4) is 11.5 Å². The van der Waals surface area contributed by atoms with Crippen LogP contribution in [0.3, 0.4) is 0 Å². The van der Waals surface area contributed by atoms with Gasteiger partial charge in [0.1, 0.15) is 5.92 Å². The Kier molecular flexibility index (Phi) is 3.86. The third-order valence-corrected chi connectivity index (χ3v) is 3.94. The van der Waals surface area contributed by atoms with Crippen molar-refractivity contribution in [2.45, 2.75) is 19.8 Å². The molecule has 9 heteroatoms. The molecular formula is C15H15N3O6. The molecule has 0 saturated heterocycles. The summed E-state index contributed by atoms with van der Waals surface area (Å²) in [6.07, 6.45) is 0. The molecule has 0 bridgehead atoms. The van der Waals surface area contributed by atoms with E-state index in [4.69, 9.17) is 14.4 Å². The molecule has 2 N–H and O–H groups in total. The fourth-order valence-corrected chi connectivity index (χ4v) is 2.97. The number of allylic oxidation sites excluding steroid dienone is 3. The predicted octanol–water partition coefficient (Wildman–Crippen LogP) is 1.52. The molecule has 126 valence electrons. The minimum absolute atomic E-state index is 0.148. The molecule has 0 spiro atoms. The number of benzene rings is 1. The van der Waals surface area contributed by atoms with Gasteiger partial charge < -0.3 is 19.7 Å². The molecule has 2 aliphatic heterocycles. The predicted molar refractivity (Wildman–Crippen MR) is 81.1 cm³/mol. The van der Waals surface area contributed by atoms with Crippen LogP contribution < -0.4 is 20.6 Å². The highest BCUT2D eigenvalue weighted by Crippen LogP contribution is 2.46. The molecule has 2 heterocycles. The van der Waals surface area contributed by atoms with Crippen LogP contribution in [-0.2, 0) is 9.53 Å². The van der Waals surface area contributed by atoms with Crippen molar-refractivity contribution >= 4 is 5.97 Å². The number of nitro groups is 1. The number of hydrogen-bond acceptors (Lipinski definition) is 8. The number of nitrogens with one attached hydrogen (secondary N) is 2. The third kappa shape index (κ3) is 2.35. The summed E-state index contributed by atoms with van der Waals surface area (Å²) in [5.74, 6) is -0.924. The Hall–Kier alpha value is -3.07. The zero-order valence-corrected chi connectivity index (χ0v) is 13.2. The standard InChI is InChI=1S/C15H15N3O6/c1-7-11(15(19)22-3)12(13(18(20)21)8(2)16-7)9-5-4-6-10-14(9)24-17-23-10/h4-6,12,16-17H,1-3H3. The van der Waals surface area contributed by atoms with Gasteiger partial charge in [-0.2, -0.15) is 0 Å². The molecule has 24 heavy (non-hydrogen) atoms. The number of para-hydroxylation sites is 1. The summed E-state index contributed by atoms with van der Waals surface area (Å²) in [7, 11) is 1.23. The zero-order valence-electron chi connectivity index (χ0n) is 13.2. The number of methoxy groups -OCH3 is 1. The molecule has 0 saturated carbocycles. The number of carbonyl (C=O) groups excluding carboxylic acids is 1. The molecule has 1 atom stereocenters. The highest BCUT2D eigenvalue weighted by atomic mass is 16.9. The third-order valence-electron chi connectivity index (χ3n) is 3.94. The second-order valence-electron chi connectivity index (χ2n) is 5.32. The molecule has 0 fully saturated rings. The first-order chi connectivity index (χ1) is 11.5. The summed E-state index contributed by atoms with van der Waals surface area (Å²) >= 11 is 0. The van der Waals surface area contributed by atoms with Gasteiger partial charge in [0.2, 0.25) is 0 Å². The van der Waals surface area contributed by atoms with Crippen molar-refractivity contribution in [1.82, 2.24) is 11.0 Å². The van der Waals surface area contributed by atoms with Gasteiger partial charge in [-0.05, 0) is 19.9 Å². The van der Waals surface area contributed by atoms with E-state index in [0.717, 1.165) is 0 Å². The van der Waals surface area contributed by atoms with Crippen molar-refractivity contribution in [3.05, 3.63) is 56.5 Å². The monoisotopic (exact) mass is 333 g/mol. The largest absolute Gasteiger partial charge is 0.466 e. The summed E-state index contributed by atoms with van der Waals surface area (Å²) in [5, 5.41) is 14.5. The topological polar surface area (TPSA) is 112 Å². The molecule has 3 rings (SSSR count). The van der Waals surface area contributed by atoms with E-state index in [-0.39, 0.29) is 11.3 Å². The lowest BCUT2D eigenvalue weighted by Gasteiger charge is -2.26. The number of fused-ring (bicyclic) bond motifs is 1. The minimum Gasteiger partial charge on any atom is -0.466 e. The van der Waals surface area contributed by atoms with Crippen LogP contribution in [0.4, 0.5) is 0 Å². The van der Waals surface area contributed by atoms with Gasteiger partial charge in [-0.25, -0.2) is 4.79 Å². The van der Waals surface area contributed by atoms with Crippen LogP contribution in [0.25, 0.3) is 0 Å². The molecule has 0 aliphatic carbocycles. The number of rotatable bonds is 3. The van der Waals surface area contributed by atoms with Crippen LogP contribution in [0, 0.1) is 10.1 Å². The Bertz CT molecular complexity index is 798. The summed E-state index contributed by atoms with van der Waals surface area (Å²) in [6.45, 7) is 3.25. The van der Waals surface area contributed by atoms with Crippen LogP contribution >= 0.6 is 0 Å². The Morgan fingerprint density at radius 1 is 1.29 bits per heavy atom. The molecule has 0 radical (unpaired) electrons. The highest BCUT2D eigenvalue weighted by molar-refractivity contribution is 5.92. The maximum Gasteiger partial charge on any atom is 0.336 e. The van der Waals surface area contributed by atoms with Crippen molar-refractivity contribution in [1.29, 1.82) is 0 Å². The summed E-state index contributed by atoms with van der Waals surface area (Å²) < 4.78 is 4.82. The molecule has 1 unspecified atom stereocenters. The zero-order chi connectivity index (χ0) is 17.4. The Labute approximate surface area is 136 Å². The molecule has 9 nitrogen and oxygen atoms in total. The van der Waals surface area contributed by atoms with E-state index in [1.807, 2.05) is 0 Å². The van der Waals surface area contributed by atoms with Gasteiger partial charge in [-0.15, -0.1) is 0 Å². The van der Waals surface area contributed by atoms with E-state index >= 15 is 0 Å². The van der Waals surface area contributed by atoms with E-state index < -0.39 is 16.8 Å². The lowest BCUT2D eigenvalue weighted by molar-refractivity contribution is -0.431. The maximum absolute atomic E-state index is 12.3. The van der Waals surface area contributed by atoms with Crippen molar-refractivity contribution in [2.75, 3.05) is 7.11 Å². The fourth-order valence-electron chi connectivity index (χ4n) is 2.97. The molecule has 0 aromatic heterocycles. The van der Waals surface area contributed by atoms with Gasteiger partial charge in [0.05, 0.1) is 23.3 Å². The van der Waals surface area contributed by atoms with Crippen LogP contribution in [-0.4, -0.2) is 18.0 Å². The van der Waals surface area contributed by atoms with Crippen LogP contribution in [0.2, 0.25) is 0 Å². The van der Waals surface area contributed by atoms with E-state index in [0.29, 0.717) is 28.5 Å². The first-order valence-corrected chi connectivity index (χ1v) is 7.08. The van der Waals surface area contributed by atoms with Gasteiger partial charge in [0.15, 0.2) is 11.5 Å². The number of ether oxygens (including phenoxy) is 1. The molecular weight excluding hydrogens is 318 g/mol.